The second-order valence-electron chi connectivity index (χ2n) is 7.14. The first-order valence-corrected chi connectivity index (χ1v) is 10.7. The SMILES string of the molecule is C=N/C=C(\SCNC(=O)C1CCNCC1)SCc1ncc(C(C)(C)C)o1. The summed E-state index contributed by atoms with van der Waals surface area (Å²) in [5.74, 6) is 2.97. The monoisotopic (exact) mass is 396 g/mol. The van der Waals surface area contributed by atoms with Crippen molar-refractivity contribution in [3.63, 3.8) is 0 Å². The van der Waals surface area contributed by atoms with Crippen LogP contribution in [0.2, 0.25) is 0 Å². The molecule has 0 aliphatic carbocycles. The summed E-state index contributed by atoms with van der Waals surface area (Å²) >= 11 is 3.13. The lowest BCUT2D eigenvalue weighted by atomic mass is 9.94. The van der Waals surface area contributed by atoms with Gasteiger partial charge < -0.3 is 15.1 Å². The molecule has 8 heteroatoms. The van der Waals surface area contributed by atoms with Crippen molar-refractivity contribution in [2.45, 2.75) is 44.8 Å². The third-order valence-corrected chi connectivity index (χ3v) is 6.17. The smallest absolute Gasteiger partial charge is 0.223 e. The molecule has 2 rings (SSSR count). The highest BCUT2D eigenvalue weighted by Gasteiger charge is 2.21. The van der Waals surface area contributed by atoms with Crippen LogP contribution in [0.5, 0.6) is 0 Å². The Balaban J connectivity index is 1.77. The Morgan fingerprint density at radius 3 is 2.81 bits per heavy atom. The maximum absolute atomic E-state index is 12.2. The van der Waals surface area contributed by atoms with Crippen LogP contribution < -0.4 is 10.6 Å². The van der Waals surface area contributed by atoms with Crippen molar-refractivity contribution in [3.8, 4) is 0 Å². The van der Waals surface area contributed by atoms with Gasteiger partial charge in [0, 0.05) is 17.5 Å². The molecule has 1 amide bonds. The lowest BCUT2D eigenvalue weighted by molar-refractivity contribution is -0.125. The first-order valence-electron chi connectivity index (χ1n) is 8.75. The summed E-state index contributed by atoms with van der Waals surface area (Å²) in [6.07, 6.45) is 5.31. The van der Waals surface area contributed by atoms with E-state index in [2.05, 4.69) is 48.1 Å². The summed E-state index contributed by atoms with van der Waals surface area (Å²) in [4.78, 5) is 20.4. The Bertz CT molecular complexity index is 631. The molecule has 0 saturated carbocycles. The van der Waals surface area contributed by atoms with E-state index in [1.54, 1.807) is 35.9 Å². The maximum Gasteiger partial charge on any atom is 0.223 e. The van der Waals surface area contributed by atoms with E-state index in [0.29, 0.717) is 17.5 Å². The van der Waals surface area contributed by atoms with Crippen molar-refractivity contribution >= 4 is 36.1 Å². The highest BCUT2D eigenvalue weighted by Crippen LogP contribution is 2.32. The van der Waals surface area contributed by atoms with Gasteiger partial charge in [-0.05, 0) is 32.6 Å². The average Bonchev–Trinajstić information content (AvgIpc) is 3.10. The molecular formula is C18H28N4O2S2. The summed E-state index contributed by atoms with van der Waals surface area (Å²) < 4.78 is 6.78. The molecule has 1 saturated heterocycles. The van der Waals surface area contributed by atoms with Crippen LogP contribution in [-0.4, -0.2) is 36.6 Å². The van der Waals surface area contributed by atoms with Gasteiger partial charge in [-0.1, -0.05) is 32.5 Å². The highest BCUT2D eigenvalue weighted by atomic mass is 32.2. The Labute approximate surface area is 164 Å². The van der Waals surface area contributed by atoms with Gasteiger partial charge in [0.05, 0.1) is 22.1 Å². The van der Waals surface area contributed by atoms with Gasteiger partial charge in [-0.2, -0.15) is 0 Å². The number of amides is 1. The summed E-state index contributed by atoms with van der Waals surface area (Å²) in [6.45, 7) is 11.6. The zero-order chi connectivity index (χ0) is 19.0. The lowest BCUT2D eigenvalue weighted by Gasteiger charge is -2.21. The number of carbonyl (C=O) groups is 1. The number of aliphatic imine (C=N–C) groups is 1. The molecule has 2 heterocycles. The second-order valence-corrected chi connectivity index (χ2v) is 9.43. The number of aromatic nitrogens is 1. The van der Waals surface area contributed by atoms with Crippen LogP contribution in [0.25, 0.3) is 0 Å². The number of hydrogen-bond acceptors (Lipinski definition) is 7. The molecule has 26 heavy (non-hydrogen) atoms. The Kier molecular flexibility index (Phi) is 8.24. The van der Waals surface area contributed by atoms with E-state index in [9.17, 15) is 4.79 Å². The van der Waals surface area contributed by atoms with Gasteiger partial charge in [-0.3, -0.25) is 9.79 Å². The predicted molar refractivity (Wildman–Crippen MR) is 110 cm³/mol. The van der Waals surface area contributed by atoms with Crippen molar-refractivity contribution in [1.29, 1.82) is 0 Å². The Morgan fingerprint density at radius 2 is 2.19 bits per heavy atom. The molecule has 0 atom stereocenters. The molecule has 0 bridgehead atoms. The van der Waals surface area contributed by atoms with Crippen molar-refractivity contribution in [2.75, 3.05) is 19.0 Å². The molecule has 6 nitrogen and oxygen atoms in total. The molecule has 2 N–H and O–H groups in total. The average molecular weight is 397 g/mol. The van der Waals surface area contributed by atoms with Gasteiger partial charge >= 0.3 is 0 Å². The number of thioether (sulfide) groups is 2. The van der Waals surface area contributed by atoms with Gasteiger partial charge in [0.25, 0.3) is 0 Å². The number of nitrogens with zero attached hydrogens (tertiary/aromatic N) is 2. The molecule has 1 aromatic rings. The first-order chi connectivity index (χ1) is 12.4. The Morgan fingerprint density at radius 1 is 1.46 bits per heavy atom. The largest absolute Gasteiger partial charge is 0.444 e. The minimum absolute atomic E-state index is 0.0507. The van der Waals surface area contributed by atoms with Gasteiger partial charge in [0.1, 0.15) is 5.76 Å². The third kappa shape index (κ3) is 6.81. The molecule has 1 aliphatic rings. The zero-order valence-electron chi connectivity index (χ0n) is 15.7. The summed E-state index contributed by atoms with van der Waals surface area (Å²) in [6, 6.07) is 0. The summed E-state index contributed by atoms with van der Waals surface area (Å²) in [7, 11) is 0. The van der Waals surface area contributed by atoms with Crippen LogP contribution in [0.3, 0.4) is 0 Å². The van der Waals surface area contributed by atoms with Gasteiger partial charge in [0.2, 0.25) is 11.8 Å². The molecule has 1 aromatic heterocycles. The van der Waals surface area contributed by atoms with Crippen LogP contribution in [-0.2, 0) is 16.0 Å². The van der Waals surface area contributed by atoms with Crippen molar-refractivity contribution in [2.24, 2.45) is 10.9 Å². The fraction of sp³-hybridized carbons (Fsp3) is 0.611. The standard InChI is InChI=1S/C18H28N4O2S2/c1-18(2,3)14-9-21-15(24-14)11-25-16(10-19-4)26-12-22-17(23)13-5-7-20-8-6-13/h9-10,13,20H,4-8,11-12H2,1-3H3,(H,22,23)/b16-10-. The lowest BCUT2D eigenvalue weighted by Crippen LogP contribution is -2.37. The molecular weight excluding hydrogens is 368 g/mol. The van der Waals surface area contributed by atoms with E-state index >= 15 is 0 Å². The van der Waals surface area contributed by atoms with Crippen LogP contribution in [0, 0.1) is 5.92 Å². The number of piperidine rings is 1. The van der Waals surface area contributed by atoms with Gasteiger partial charge in [-0.25, -0.2) is 4.98 Å². The van der Waals surface area contributed by atoms with E-state index < -0.39 is 0 Å². The van der Waals surface area contributed by atoms with Crippen molar-refractivity contribution in [3.05, 3.63) is 28.3 Å². The van der Waals surface area contributed by atoms with Crippen LogP contribution >= 0.6 is 23.5 Å². The summed E-state index contributed by atoms with van der Waals surface area (Å²) in [5, 5.41) is 6.28. The highest BCUT2D eigenvalue weighted by molar-refractivity contribution is 8.21. The number of carbonyl (C=O) groups excluding carboxylic acids is 1. The van der Waals surface area contributed by atoms with Crippen LogP contribution in [0.1, 0.15) is 45.3 Å². The number of nitrogens with one attached hydrogen (secondary N) is 2. The molecule has 0 unspecified atom stereocenters. The fourth-order valence-electron chi connectivity index (χ4n) is 2.45. The van der Waals surface area contributed by atoms with E-state index in [1.807, 2.05) is 0 Å². The van der Waals surface area contributed by atoms with Crippen LogP contribution in [0.15, 0.2) is 26.0 Å². The maximum atomic E-state index is 12.2. The Hall–Kier alpha value is -1.25. The molecule has 0 radical (unpaired) electrons. The second kappa shape index (κ2) is 10.2. The van der Waals surface area contributed by atoms with E-state index in [-0.39, 0.29) is 17.2 Å². The van der Waals surface area contributed by atoms with Crippen LogP contribution in [0.4, 0.5) is 0 Å². The third-order valence-electron chi connectivity index (χ3n) is 4.00. The van der Waals surface area contributed by atoms with Gasteiger partial charge in [-0.15, -0.1) is 11.8 Å². The zero-order valence-corrected chi connectivity index (χ0v) is 17.3. The normalized spacial score (nSPS) is 16.5. The summed E-state index contributed by atoms with van der Waals surface area (Å²) in [5.41, 5.74) is -0.0507. The van der Waals surface area contributed by atoms with E-state index in [1.165, 1.54) is 0 Å². The topological polar surface area (TPSA) is 79.5 Å². The van der Waals surface area contributed by atoms with Gasteiger partial charge in [0.15, 0.2) is 0 Å². The minimum atomic E-state index is -0.0507. The molecule has 1 fully saturated rings. The molecule has 0 spiro atoms. The van der Waals surface area contributed by atoms with E-state index in [4.69, 9.17) is 4.42 Å². The van der Waals surface area contributed by atoms with Crippen molar-refractivity contribution in [1.82, 2.24) is 15.6 Å². The predicted octanol–water partition coefficient (Wildman–Crippen LogP) is 3.51. The minimum Gasteiger partial charge on any atom is -0.444 e. The fourth-order valence-corrected chi connectivity index (χ4v) is 4.20. The molecule has 1 aliphatic heterocycles. The van der Waals surface area contributed by atoms with E-state index in [0.717, 1.165) is 35.9 Å². The number of rotatable bonds is 8. The number of hydrogen-bond donors (Lipinski definition) is 2. The number of oxazole rings is 1. The first kappa shape index (κ1) is 21.1. The van der Waals surface area contributed by atoms with Crippen molar-refractivity contribution < 1.29 is 9.21 Å². The molecule has 0 aromatic carbocycles. The quantitative estimate of drug-likeness (QED) is 0.517. The molecule has 144 valence electrons.